The SMILES string of the molecule is COC(=O)C1=C(C(=O)OC)N(c2ccc(S(=O)(=O)Nc3nc(C)cc(C)n3)cc2)C=CC=C1. The quantitative estimate of drug-likeness (QED) is 0.633. The third-order valence-corrected chi connectivity index (χ3v) is 5.87. The second-order valence-electron chi connectivity index (χ2n) is 6.89. The van der Waals surface area contributed by atoms with Crippen molar-refractivity contribution in [1.82, 2.24) is 9.97 Å². The van der Waals surface area contributed by atoms with Gasteiger partial charge in [0.15, 0.2) is 0 Å². The maximum atomic E-state index is 12.8. The van der Waals surface area contributed by atoms with Gasteiger partial charge in [0.05, 0.1) is 24.7 Å². The standard InChI is InChI=1S/C22H22N4O6S/c1-14-13-15(2)24-22(23-14)25-33(29,30)17-10-8-16(9-11-17)26-12-6-5-7-18(20(27)31-3)19(26)21(28)32-4/h5-13H,1-4H3,(H,23,24,25). The lowest BCUT2D eigenvalue weighted by Crippen LogP contribution is -2.27. The molecule has 0 radical (unpaired) electrons. The highest BCUT2D eigenvalue weighted by molar-refractivity contribution is 7.92. The Kier molecular flexibility index (Phi) is 6.92. The Labute approximate surface area is 191 Å². The highest BCUT2D eigenvalue weighted by Gasteiger charge is 2.27. The molecule has 0 amide bonds. The van der Waals surface area contributed by atoms with Crippen molar-refractivity contribution >= 4 is 33.6 Å². The molecule has 2 heterocycles. The van der Waals surface area contributed by atoms with Crippen LogP contribution in [-0.4, -0.2) is 44.5 Å². The van der Waals surface area contributed by atoms with Gasteiger partial charge in [0.25, 0.3) is 10.0 Å². The minimum atomic E-state index is -3.97. The molecule has 0 aliphatic carbocycles. The van der Waals surface area contributed by atoms with Crippen LogP contribution in [0.4, 0.5) is 11.6 Å². The van der Waals surface area contributed by atoms with Gasteiger partial charge < -0.3 is 14.4 Å². The molecule has 3 rings (SSSR count). The predicted octanol–water partition coefficient (Wildman–Crippen LogP) is 2.38. The predicted molar refractivity (Wildman–Crippen MR) is 121 cm³/mol. The molecule has 2 aromatic rings. The van der Waals surface area contributed by atoms with Crippen LogP contribution < -0.4 is 9.62 Å². The Morgan fingerprint density at radius 3 is 2.12 bits per heavy atom. The molecule has 1 N–H and O–H groups in total. The van der Waals surface area contributed by atoms with Crippen LogP contribution in [0.25, 0.3) is 0 Å². The van der Waals surface area contributed by atoms with Gasteiger partial charge in [-0.05, 0) is 56.3 Å². The molecule has 172 valence electrons. The zero-order valence-electron chi connectivity index (χ0n) is 18.4. The molecule has 10 nitrogen and oxygen atoms in total. The Balaban J connectivity index is 1.98. The van der Waals surface area contributed by atoms with Crippen molar-refractivity contribution in [3.8, 4) is 0 Å². The molecule has 0 saturated heterocycles. The highest BCUT2D eigenvalue weighted by Crippen LogP contribution is 2.27. The number of hydrogen-bond acceptors (Lipinski definition) is 9. The van der Waals surface area contributed by atoms with Gasteiger partial charge in [-0.25, -0.2) is 32.7 Å². The van der Waals surface area contributed by atoms with Crippen LogP contribution in [0.15, 0.2) is 70.9 Å². The van der Waals surface area contributed by atoms with Crippen LogP contribution in [0, 0.1) is 13.8 Å². The van der Waals surface area contributed by atoms with Crippen molar-refractivity contribution in [3.05, 3.63) is 77.4 Å². The van der Waals surface area contributed by atoms with Crippen molar-refractivity contribution in [2.24, 2.45) is 0 Å². The van der Waals surface area contributed by atoms with E-state index in [-0.39, 0.29) is 22.1 Å². The lowest BCUT2D eigenvalue weighted by molar-refractivity contribution is -0.139. The van der Waals surface area contributed by atoms with E-state index in [1.54, 1.807) is 38.3 Å². The lowest BCUT2D eigenvalue weighted by Gasteiger charge is -2.23. The number of carbonyl (C=O) groups is 2. The van der Waals surface area contributed by atoms with E-state index in [1.807, 2.05) is 0 Å². The van der Waals surface area contributed by atoms with Crippen LogP contribution in [0.5, 0.6) is 0 Å². The summed E-state index contributed by atoms with van der Waals surface area (Å²) in [4.78, 5) is 34.3. The summed E-state index contributed by atoms with van der Waals surface area (Å²) < 4.78 is 37.6. The summed E-state index contributed by atoms with van der Waals surface area (Å²) in [5.41, 5.74) is 1.58. The Morgan fingerprint density at radius 2 is 1.55 bits per heavy atom. The molecule has 11 heteroatoms. The number of hydrogen-bond donors (Lipinski definition) is 1. The van der Waals surface area contributed by atoms with Gasteiger partial charge in [0.1, 0.15) is 5.70 Å². The maximum Gasteiger partial charge on any atom is 0.355 e. The molecule has 1 aliphatic rings. The zero-order chi connectivity index (χ0) is 24.2. The summed E-state index contributed by atoms with van der Waals surface area (Å²) >= 11 is 0. The third kappa shape index (κ3) is 5.26. The topological polar surface area (TPSA) is 128 Å². The fourth-order valence-corrected chi connectivity index (χ4v) is 4.05. The molecule has 0 unspecified atom stereocenters. The van der Waals surface area contributed by atoms with Crippen molar-refractivity contribution in [3.63, 3.8) is 0 Å². The van der Waals surface area contributed by atoms with Gasteiger partial charge >= 0.3 is 11.9 Å². The Bertz CT molecular complexity index is 1260. The van der Waals surface area contributed by atoms with Crippen molar-refractivity contribution in [2.45, 2.75) is 18.7 Å². The number of allylic oxidation sites excluding steroid dienone is 2. The van der Waals surface area contributed by atoms with Gasteiger partial charge in [-0.1, -0.05) is 6.08 Å². The fraction of sp³-hybridized carbons (Fsp3) is 0.182. The van der Waals surface area contributed by atoms with Crippen LogP contribution in [-0.2, 0) is 29.1 Å². The first-order chi connectivity index (χ1) is 15.7. The van der Waals surface area contributed by atoms with Crippen LogP contribution in [0.3, 0.4) is 0 Å². The van der Waals surface area contributed by atoms with E-state index < -0.39 is 22.0 Å². The number of ether oxygens (including phenoxy) is 2. The number of methoxy groups -OCH3 is 2. The van der Waals surface area contributed by atoms with Crippen molar-refractivity contribution < 1.29 is 27.5 Å². The van der Waals surface area contributed by atoms with Crippen LogP contribution in [0.2, 0.25) is 0 Å². The summed E-state index contributed by atoms with van der Waals surface area (Å²) in [6.45, 7) is 3.47. The van der Waals surface area contributed by atoms with Gasteiger partial charge in [0.2, 0.25) is 5.95 Å². The van der Waals surface area contributed by atoms with Gasteiger partial charge in [0, 0.05) is 23.3 Å². The van der Waals surface area contributed by atoms with Crippen LogP contribution in [0.1, 0.15) is 11.4 Å². The zero-order valence-corrected chi connectivity index (χ0v) is 19.2. The minimum absolute atomic E-state index is 0.0142. The number of esters is 2. The monoisotopic (exact) mass is 470 g/mol. The summed E-state index contributed by atoms with van der Waals surface area (Å²) in [6, 6.07) is 7.43. The first kappa shape index (κ1) is 23.7. The molecule has 1 aliphatic heterocycles. The van der Waals surface area contributed by atoms with Gasteiger partial charge in [-0.2, -0.15) is 0 Å². The molecule has 33 heavy (non-hydrogen) atoms. The number of anilines is 2. The van der Waals surface area contributed by atoms with E-state index in [1.165, 1.54) is 49.5 Å². The number of aromatic nitrogens is 2. The fourth-order valence-electron chi connectivity index (χ4n) is 3.10. The molecule has 0 fully saturated rings. The van der Waals surface area contributed by atoms with E-state index in [9.17, 15) is 18.0 Å². The smallest absolute Gasteiger partial charge is 0.355 e. The normalized spacial score (nSPS) is 13.5. The molecule has 0 saturated carbocycles. The number of sulfonamides is 1. The molecule has 0 bridgehead atoms. The van der Waals surface area contributed by atoms with Crippen LogP contribution >= 0.6 is 0 Å². The average molecular weight is 471 g/mol. The molecule has 0 spiro atoms. The van der Waals surface area contributed by atoms with Crippen molar-refractivity contribution in [1.29, 1.82) is 0 Å². The third-order valence-electron chi connectivity index (χ3n) is 4.52. The number of carbonyl (C=O) groups excluding carboxylic acids is 2. The minimum Gasteiger partial charge on any atom is -0.465 e. The highest BCUT2D eigenvalue weighted by atomic mass is 32.2. The molecular formula is C22H22N4O6S. The van der Waals surface area contributed by atoms with E-state index in [0.717, 1.165) is 0 Å². The second kappa shape index (κ2) is 9.65. The van der Waals surface area contributed by atoms with E-state index >= 15 is 0 Å². The van der Waals surface area contributed by atoms with E-state index in [0.29, 0.717) is 17.1 Å². The Hall–Kier alpha value is -3.99. The number of rotatable bonds is 6. The van der Waals surface area contributed by atoms with Gasteiger partial charge in [-0.3, -0.25) is 0 Å². The average Bonchev–Trinajstić information content (AvgIpc) is 3.00. The first-order valence-electron chi connectivity index (χ1n) is 9.66. The largest absolute Gasteiger partial charge is 0.465 e. The maximum absolute atomic E-state index is 12.8. The summed E-state index contributed by atoms with van der Waals surface area (Å²) in [5, 5.41) is 0. The first-order valence-corrected chi connectivity index (χ1v) is 11.1. The number of nitrogens with one attached hydrogen (secondary N) is 1. The number of nitrogens with zero attached hydrogens (tertiary/aromatic N) is 3. The van der Waals surface area contributed by atoms with Crippen molar-refractivity contribution in [2.75, 3.05) is 23.8 Å². The lowest BCUT2D eigenvalue weighted by atomic mass is 10.1. The summed E-state index contributed by atoms with van der Waals surface area (Å²) in [6.07, 6.45) is 6.16. The molecular weight excluding hydrogens is 448 g/mol. The Morgan fingerprint density at radius 1 is 0.939 bits per heavy atom. The molecule has 0 atom stereocenters. The van der Waals surface area contributed by atoms with E-state index in [2.05, 4.69) is 14.7 Å². The molecule has 1 aromatic heterocycles. The molecule has 1 aromatic carbocycles. The second-order valence-corrected chi connectivity index (χ2v) is 8.57. The summed E-state index contributed by atoms with van der Waals surface area (Å²) in [5.74, 6) is -1.52. The van der Waals surface area contributed by atoms with Gasteiger partial charge in [-0.15, -0.1) is 0 Å². The summed E-state index contributed by atoms with van der Waals surface area (Å²) in [7, 11) is -1.57. The number of benzene rings is 1. The van der Waals surface area contributed by atoms with E-state index in [4.69, 9.17) is 9.47 Å². The number of aryl methyl sites for hydroxylation is 2.